The molecule has 2 aromatic rings. The first-order valence-corrected chi connectivity index (χ1v) is 8.13. The maximum Gasteiger partial charge on any atom is 0.335 e. The van der Waals surface area contributed by atoms with Gasteiger partial charge in [0.05, 0.1) is 12.3 Å². The van der Waals surface area contributed by atoms with E-state index in [-0.39, 0.29) is 5.57 Å². The van der Waals surface area contributed by atoms with E-state index in [0.29, 0.717) is 28.6 Å². The maximum atomic E-state index is 12.8. The molecule has 1 aromatic heterocycles. The zero-order chi connectivity index (χ0) is 18.7. The van der Waals surface area contributed by atoms with Crippen molar-refractivity contribution < 1.29 is 19.1 Å². The van der Waals surface area contributed by atoms with Crippen molar-refractivity contribution in [3.8, 4) is 5.75 Å². The van der Waals surface area contributed by atoms with Gasteiger partial charge in [-0.05, 0) is 43.3 Å². The Hall–Kier alpha value is -3.19. The molecule has 7 nitrogen and oxygen atoms in total. The van der Waals surface area contributed by atoms with Crippen LogP contribution in [0.1, 0.15) is 12.5 Å². The summed E-state index contributed by atoms with van der Waals surface area (Å²) in [6, 6.07) is 7.04. The largest absolute Gasteiger partial charge is 0.493 e. The molecule has 1 N–H and O–H groups in total. The summed E-state index contributed by atoms with van der Waals surface area (Å²) in [7, 11) is 0. The number of carbonyl (C=O) groups is 3. The lowest BCUT2D eigenvalue weighted by Gasteiger charge is -2.26. The summed E-state index contributed by atoms with van der Waals surface area (Å²) in [6.45, 7) is 2.22. The van der Waals surface area contributed by atoms with Crippen LogP contribution < -0.4 is 15.0 Å². The minimum absolute atomic E-state index is 0.204. The molecular formula is C18H14ClN3O4. The average Bonchev–Trinajstić information content (AvgIpc) is 2.61. The molecule has 0 saturated carbocycles. The van der Waals surface area contributed by atoms with Crippen LogP contribution in [-0.4, -0.2) is 29.4 Å². The van der Waals surface area contributed by atoms with Gasteiger partial charge in [-0.3, -0.25) is 19.9 Å². The molecule has 4 amide bonds. The first-order valence-electron chi connectivity index (χ1n) is 7.75. The van der Waals surface area contributed by atoms with Crippen LogP contribution in [0.15, 0.2) is 48.3 Å². The van der Waals surface area contributed by atoms with Gasteiger partial charge in [-0.25, -0.2) is 9.69 Å². The number of nitrogens with zero attached hydrogens (tertiary/aromatic N) is 2. The molecule has 8 heteroatoms. The Kier molecular flexibility index (Phi) is 4.99. The minimum atomic E-state index is -0.820. The number of rotatable bonds is 4. The number of hydrogen-bond donors (Lipinski definition) is 1. The summed E-state index contributed by atoms with van der Waals surface area (Å²) in [5, 5.41) is 2.58. The number of aromatic nitrogens is 1. The summed E-state index contributed by atoms with van der Waals surface area (Å²) in [4.78, 5) is 41.8. The van der Waals surface area contributed by atoms with Crippen molar-refractivity contribution >= 4 is 41.2 Å². The van der Waals surface area contributed by atoms with Gasteiger partial charge in [0, 0.05) is 23.0 Å². The number of urea groups is 1. The van der Waals surface area contributed by atoms with Gasteiger partial charge in [0.15, 0.2) is 0 Å². The molecule has 0 atom stereocenters. The predicted molar refractivity (Wildman–Crippen MR) is 95.9 cm³/mol. The Labute approximate surface area is 154 Å². The zero-order valence-electron chi connectivity index (χ0n) is 13.7. The molecule has 1 aliphatic rings. The van der Waals surface area contributed by atoms with E-state index in [4.69, 9.17) is 16.3 Å². The highest BCUT2D eigenvalue weighted by molar-refractivity contribution is 6.39. The molecule has 132 valence electrons. The second kappa shape index (κ2) is 7.37. The fraction of sp³-hybridized carbons (Fsp3) is 0.111. The zero-order valence-corrected chi connectivity index (χ0v) is 14.5. The fourth-order valence-electron chi connectivity index (χ4n) is 2.46. The molecule has 1 fully saturated rings. The number of benzene rings is 1. The highest BCUT2D eigenvalue weighted by Gasteiger charge is 2.36. The first-order chi connectivity index (χ1) is 12.5. The lowest BCUT2D eigenvalue weighted by Crippen LogP contribution is -2.54. The van der Waals surface area contributed by atoms with Gasteiger partial charge in [-0.1, -0.05) is 11.6 Å². The van der Waals surface area contributed by atoms with Gasteiger partial charge in [-0.2, -0.15) is 0 Å². The number of carbonyl (C=O) groups excluding carboxylic acids is 3. The first kappa shape index (κ1) is 17.6. The van der Waals surface area contributed by atoms with Crippen molar-refractivity contribution in [3.05, 3.63) is 58.9 Å². The van der Waals surface area contributed by atoms with Crippen LogP contribution in [-0.2, 0) is 9.59 Å². The quantitative estimate of drug-likeness (QED) is 0.659. The molecule has 0 unspecified atom stereocenters. The molecule has 0 spiro atoms. The highest BCUT2D eigenvalue weighted by Crippen LogP contribution is 2.27. The minimum Gasteiger partial charge on any atom is -0.493 e. The van der Waals surface area contributed by atoms with E-state index < -0.39 is 17.8 Å². The third-order valence-corrected chi connectivity index (χ3v) is 3.83. The molecule has 2 heterocycles. The fourth-order valence-corrected chi connectivity index (χ4v) is 2.64. The third kappa shape index (κ3) is 3.43. The molecule has 0 radical (unpaired) electrons. The summed E-state index contributed by atoms with van der Waals surface area (Å²) >= 11 is 6.01. The Bertz CT molecular complexity index is 912. The number of ether oxygens (including phenoxy) is 1. The molecule has 1 aromatic carbocycles. The average molecular weight is 372 g/mol. The second-order valence-electron chi connectivity index (χ2n) is 5.28. The third-order valence-electron chi connectivity index (χ3n) is 3.59. The number of imide groups is 2. The number of pyridine rings is 1. The SMILES string of the molecule is CCOc1ccc(Cl)cc1/C=C1/C(=O)NC(=O)N(c2ccncc2)C1=O. The standard InChI is InChI=1S/C18H14ClN3O4/c1-2-26-15-4-3-12(19)9-11(15)10-14-16(23)21-18(25)22(17(14)24)13-5-7-20-8-6-13/h3-10H,2H2,1H3,(H,21,23,25)/b14-10-. The van der Waals surface area contributed by atoms with Crippen LogP contribution in [0.2, 0.25) is 5.02 Å². The van der Waals surface area contributed by atoms with E-state index in [2.05, 4.69) is 10.3 Å². The Balaban J connectivity index is 2.05. The van der Waals surface area contributed by atoms with Gasteiger partial charge in [0.2, 0.25) is 0 Å². The van der Waals surface area contributed by atoms with Crippen molar-refractivity contribution in [3.63, 3.8) is 0 Å². The van der Waals surface area contributed by atoms with Crippen molar-refractivity contribution in [2.24, 2.45) is 0 Å². The van der Waals surface area contributed by atoms with Crippen LogP contribution in [0, 0.1) is 0 Å². The summed E-state index contributed by atoms with van der Waals surface area (Å²) in [5.74, 6) is -1.06. The van der Waals surface area contributed by atoms with Gasteiger partial charge in [0.25, 0.3) is 11.8 Å². The summed E-state index contributed by atoms with van der Waals surface area (Å²) in [5.41, 5.74) is 0.559. The predicted octanol–water partition coefficient (Wildman–Crippen LogP) is 2.80. The number of amides is 4. The Morgan fingerprint density at radius 2 is 1.92 bits per heavy atom. The van der Waals surface area contributed by atoms with Gasteiger partial charge < -0.3 is 4.74 Å². The van der Waals surface area contributed by atoms with Crippen LogP contribution in [0.3, 0.4) is 0 Å². The lowest BCUT2D eigenvalue weighted by atomic mass is 10.1. The van der Waals surface area contributed by atoms with E-state index in [1.165, 1.54) is 30.6 Å². The molecule has 0 aliphatic carbocycles. The van der Waals surface area contributed by atoms with Crippen molar-refractivity contribution in [1.29, 1.82) is 0 Å². The monoisotopic (exact) mass is 371 g/mol. The van der Waals surface area contributed by atoms with Crippen LogP contribution in [0.5, 0.6) is 5.75 Å². The van der Waals surface area contributed by atoms with Gasteiger partial charge >= 0.3 is 6.03 Å². The Morgan fingerprint density at radius 1 is 1.19 bits per heavy atom. The molecule has 0 bridgehead atoms. The molecule has 26 heavy (non-hydrogen) atoms. The molecular weight excluding hydrogens is 358 g/mol. The number of hydrogen-bond acceptors (Lipinski definition) is 5. The molecule has 1 aliphatic heterocycles. The van der Waals surface area contributed by atoms with Gasteiger partial charge in [-0.15, -0.1) is 0 Å². The smallest absolute Gasteiger partial charge is 0.335 e. The number of nitrogens with one attached hydrogen (secondary N) is 1. The van der Waals surface area contributed by atoms with Crippen LogP contribution >= 0.6 is 11.6 Å². The highest BCUT2D eigenvalue weighted by atomic mass is 35.5. The summed E-state index contributed by atoms with van der Waals surface area (Å²) in [6.07, 6.45) is 4.24. The topological polar surface area (TPSA) is 88.6 Å². The van der Waals surface area contributed by atoms with E-state index in [1.54, 1.807) is 18.2 Å². The summed E-state index contributed by atoms with van der Waals surface area (Å²) < 4.78 is 5.50. The van der Waals surface area contributed by atoms with Crippen molar-refractivity contribution in [1.82, 2.24) is 10.3 Å². The van der Waals surface area contributed by atoms with E-state index >= 15 is 0 Å². The van der Waals surface area contributed by atoms with Crippen LogP contribution in [0.4, 0.5) is 10.5 Å². The van der Waals surface area contributed by atoms with Crippen LogP contribution in [0.25, 0.3) is 6.08 Å². The van der Waals surface area contributed by atoms with E-state index in [0.717, 1.165) is 4.90 Å². The number of halogens is 1. The second-order valence-corrected chi connectivity index (χ2v) is 5.71. The maximum absolute atomic E-state index is 12.8. The normalized spacial score (nSPS) is 16.0. The number of barbiturate groups is 1. The molecule has 3 rings (SSSR count). The van der Waals surface area contributed by atoms with Crippen molar-refractivity contribution in [2.45, 2.75) is 6.92 Å². The Morgan fingerprint density at radius 3 is 2.62 bits per heavy atom. The van der Waals surface area contributed by atoms with Crippen molar-refractivity contribution in [2.75, 3.05) is 11.5 Å². The van der Waals surface area contributed by atoms with E-state index in [1.807, 2.05) is 6.92 Å². The molecule has 1 saturated heterocycles. The number of anilines is 1. The lowest BCUT2D eigenvalue weighted by molar-refractivity contribution is -0.122. The van der Waals surface area contributed by atoms with Gasteiger partial charge in [0.1, 0.15) is 11.3 Å². The van der Waals surface area contributed by atoms with E-state index in [9.17, 15) is 14.4 Å².